The second-order valence-corrected chi connectivity index (χ2v) is 15.0. The lowest BCUT2D eigenvalue weighted by Gasteiger charge is -2.41. The Hall–Kier alpha value is -3.55. The van der Waals surface area contributed by atoms with Gasteiger partial charge in [-0.15, -0.1) is 0 Å². The Morgan fingerprint density at radius 1 is 0.981 bits per heavy atom. The van der Waals surface area contributed by atoms with Gasteiger partial charge in [0.05, 0.1) is 49.3 Å². The predicted octanol–water partition coefficient (Wildman–Crippen LogP) is 3.08. The van der Waals surface area contributed by atoms with E-state index in [9.17, 15) is 24.0 Å². The molecular weight excluding hydrogens is 666 g/mol. The van der Waals surface area contributed by atoms with Crippen molar-refractivity contribution < 1.29 is 38.2 Å². The molecule has 294 valence electrons. The maximum atomic E-state index is 14.2. The fraction of sp³-hybridized carbons (Fsp3) is 0.718. The zero-order chi connectivity index (χ0) is 39.3. The molecule has 1 aromatic carbocycles. The molecule has 1 heterocycles. The molecule has 13 heteroatoms. The van der Waals surface area contributed by atoms with Crippen molar-refractivity contribution in [2.45, 2.75) is 129 Å². The van der Waals surface area contributed by atoms with Crippen LogP contribution in [0.3, 0.4) is 0 Å². The first-order valence-electron chi connectivity index (χ1n) is 18.6. The molecule has 7 unspecified atom stereocenters. The van der Waals surface area contributed by atoms with Gasteiger partial charge in [-0.25, -0.2) is 4.79 Å². The van der Waals surface area contributed by atoms with Gasteiger partial charge in [-0.05, 0) is 44.1 Å². The number of hydrogen-bond donors (Lipinski definition) is 3. The minimum absolute atomic E-state index is 0.00117. The van der Waals surface area contributed by atoms with E-state index in [4.69, 9.17) is 19.9 Å². The molecule has 0 aliphatic carbocycles. The molecule has 1 aliphatic rings. The first-order valence-corrected chi connectivity index (χ1v) is 18.6. The fourth-order valence-electron chi connectivity index (χ4n) is 7.26. The van der Waals surface area contributed by atoms with Crippen LogP contribution in [0.25, 0.3) is 0 Å². The molecule has 52 heavy (non-hydrogen) atoms. The molecule has 0 aromatic heterocycles. The zero-order valence-electron chi connectivity index (χ0n) is 33.3. The maximum absolute atomic E-state index is 14.2. The van der Waals surface area contributed by atoms with Crippen molar-refractivity contribution in [3.05, 3.63) is 35.9 Å². The number of likely N-dealkylation sites (N-methyl/N-ethyl adjacent to an activating group) is 1. The normalized spacial score (nSPS) is 18.3. The number of ether oxygens (including phenoxy) is 3. The third kappa shape index (κ3) is 11.7. The molecule has 0 bridgehead atoms. The molecule has 7 atom stereocenters. The highest BCUT2D eigenvalue weighted by Gasteiger charge is 2.43. The Morgan fingerprint density at radius 2 is 1.60 bits per heavy atom. The second kappa shape index (κ2) is 20.6. The van der Waals surface area contributed by atoms with Gasteiger partial charge < -0.3 is 40.4 Å². The van der Waals surface area contributed by atoms with E-state index in [-0.39, 0.29) is 42.4 Å². The van der Waals surface area contributed by atoms with Crippen molar-refractivity contribution in [2.24, 2.45) is 23.5 Å². The number of likely N-dealkylation sites (tertiary alicyclic amines) is 1. The fourth-order valence-corrected chi connectivity index (χ4v) is 7.26. The van der Waals surface area contributed by atoms with Crippen LogP contribution in [0, 0.1) is 17.8 Å². The molecule has 4 N–H and O–H groups in total. The van der Waals surface area contributed by atoms with Crippen LogP contribution >= 0.6 is 0 Å². The number of nitrogens with zero attached hydrogens (tertiary/aromatic N) is 2. The van der Waals surface area contributed by atoms with Crippen molar-refractivity contribution >= 4 is 29.6 Å². The van der Waals surface area contributed by atoms with Crippen LogP contribution in [0.1, 0.15) is 86.1 Å². The highest BCUT2D eigenvalue weighted by Crippen LogP contribution is 2.30. The molecule has 1 fully saturated rings. The van der Waals surface area contributed by atoms with Crippen molar-refractivity contribution in [3.63, 3.8) is 0 Å². The lowest BCUT2D eigenvalue weighted by Crippen LogP contribution is -2.60. The third-order valence-corrected chi connectivity index (χ3v) is 10.5. The van der Waals surface area contributed by atoms with Gasteiger partial charge in [0.1, 0.15) is 12.1 Å². The minimum atomic E-state index is -1.17. The lowest BCUT2D eigenvalue weighted by molar-refractivity contribution is -0.149. The lowest BCUT2D eigenvalue weighted by atomic mass is 9.86. The Balaban J connectivity index is 2.31. The quantitative estimate of drug-likeness (QED) is 0.171. The first-order chi connectivity index (χ1) is 24.5. The maximum Gasteiger partial charge on any atom is 0.328 e. The van der Waals surface area contributed by atoms with Crippen LogP contribution in [-0.4, -0.2) is 116 Å². The highest BCUT2D eigenvalue weighted by atomic mass is 16.5. The summed E-state index contributed by atoms with van der Waals surface area (Å²) in [5.41, 5.74) is 5.74. The molecule has 1 aromatic rings. The number of carbonyl (C=O) groups is 5. The molecular formula is C39H65N5O8. The van der Waals surface area contributed by atoms with Crippen molar-refractivity contribution in [2.75, 3.05) is 34.9 Å². The number of esters is 1. The van der Waals surface area contributed by atoms with E-state index in [1.165, 1.54) is 14.2 Å². The van der Waals surface area contributed by atoms with Crippen LogP contribution in [0.4, 0.5) is 0 Å². The average Bonchev–Trinajstić information content (AvgIpc) is 3.60. The van der Waals surface area contributed by atoms with Crippen molar-refractivity contribution in [1.29, 1.82) is 0 Å². The summed E-state index contributed by atoms with van der Waals surface area (Å²) >= 11 is 0. The van der Waals surface area contributed by atoms with Gasteiger partial charge in [0.2, 0.25) is 23.6 Å². The number of rotatable bonds is 20. The van der Waals surface area contributed by atoms with Crippen molar-refractivity contribution in [1.82, 2.24) is 20.4 Å². The summed E-state index contributed by atoms with van der Waals surface area (Å²) < 4.78 is 16.9. The molecule has 1 aliphatic heterocycles. The van der Waals surface area contributed by atoms with Gasteiger partial charge in [0, 0.05) is 34.2 Å². The number of nitrogens with one attached hydrogen (secondary N) is 2. The molecule has 1 saturated heterocycles. The Labute approximate surface area is 311 Å². The van der Waals surface area contributed by atoms with Crippen molar-refractivity contribution in [3.8, 4) is 0 Å². The summed E-state index contributed by atoms with van der Waals surface area (Å²) in [6.07, 6.45) is 1.80. The van der Waals surface area contributed by atoms with Crippen LogP contribution in [0.15, 0.2) is 30.3 Å². The van der Waals surface area contributed by atoms with Gasteiger partial charge in [0.25, 0.3) is 0 Å². The topological polar surface area (TPSA) is 170 Å². The van der Waals surface area contributed by atoms with Crippen LogP contribution in [0.2, 0.25) is 0 Å². The molecule has 0 spiro atoms. The second-order valence-electron chi connectivity index (χ2n) is 15.0. The number of nitrogens with two attached hydrogens (primary N) is 1. The van der Waals surface area contributed by atoms with Crippen LogP contribution < -0.4 is 16.4 Å². The van der Waals surface area contributed by atoms with E-state index in [0.29, 0.717) is 13.0 Å². The number of carbonyl (C=O) groups excluding carboxylic acids is 5. The summed E-state index contributed by atoms with van der Waals surface area (Å²) in [6.45, 7) is 13.2. The summed E-state index contributed by atoms with van der Waals surface area (Å²) in [5.74, 6) is -2.74. The smallest absolute Gasteiger partial charge is 0.328 e. The Morgan fingerprint density at radius 3 is 2.10 bits per heavy atom. The summed E-state index contributed by atoms with van der Waals surface area (Å²) in [5, 5.41) is 5.70. The minimum Gasteiger partial charge on any atom is -0.467 e. The highest BCUT2D eigenvalue weighted by molar-refractivity contribution is 5.92. The number of benzene rings is 1. The Bertz CT molecular complexity index is 1320. The summed E-state index contributed by atoms with van der Waals surface area (Å²) in [6, 6.07) is 6.78. The standard InChI is InChI=1S/C39H65N5O8/c1-12-27(13-2)33(43(8)36(47)32(24(3)4)42-38(49)39(6,7)40)30(50-9)23-31(45)44-21-17-20-29(44)34(51-10)25(5)35(46)41-28(37(48)52-11)22-26-18-15-14-16-19-26/h14-16,18-19,24-25,27-30,32-34H,12-13,17,20-23,40H2,1-11H3,(H,41,46)(H,42,49). The summed E-state index contributed by atoms with van der Waals surface area (Å²) in [7, 11) is 6.06. The van der Waals surface area contributed by atoms with Crippen LogP contribution in [0.5, 0.6) is 0 Å². The van der Waals surface area contributed by atoms with E-state index in [1.54, 1.807) is 44.7 Å². The monoisotopic (exact) mass is 731 g/mol. The number of methoxy groups -OCH3 is 3. The van der Waals surface area contributed by atoms with Gasteiger partial charge in [0.15, 0.2) is 0 Å². The number of hydrogen-bond acceptors (Lipinski definition) is 9. The van der Waals surface area contributed by atoms with Gasteiger partial charge >= 0.3 is 5.97 Å². The van der Waals surface area contributed by atoms with E-state index < -0.39 is 59.7 Å². The largest absolute Gasteiger partial charge is 0.467 e. The molecule has 0 saturated carbocycles. The van der Waals surface area contributed by atoms with E-state index in [1.807, 2.05) is 58.0 Å². The average molecular weight is 732 g/mol. The van der Waals surface area contributed by atoms with Gasteiger partial charge in [-0.2, -0.15) is 0 Å². The zero-order valence-corrected chi connectivity index (χ0v) is 33.3. The van der Waals surface area contributed by atoms with Gasteiger partial charge in [-0.3, -0.25) is 19.2 Å². The molecule has 0 radical (unpaired) electrons. The molecule has 4 amide bonds. The molecule has 13 nitrogen and oxygen atoms in total. The predicted molar refractivity (Wildman–Crippen MR) is 200 cm³/mol. The summed E-state index contributed by atoms with van der Waals surface area (Å²) in [4.78, 5) is 70.8. The van der Waals surface area contributed by atoms with Crippen LogP contribution in [-0.2, 0) is 44.6 Å². The number of amides is 4. The van der Waals surface area contributed by atoms with E-state index in [0.717, 1.165) is 24.8 Å². The first kappa shape index (κ1) is 44.6. The van der Waals surface area contributed by atoms with Gasteiger partial charge in [-0.1, -0.05) is 77.8 Å². The molecule has 2 rings (SSSR count). The SMILES string of the molecule is CCC(CC)C(C(CC(=O)N1CCCC1C(OC)C(C)C(=O)NC(Cc1ccccc1)C(=O)OC)OC)N(C)C(=O)C(NC(=O)C(C)(C)N)C(C)C. The van der Waals surface area contributed by atoms with E-state index in [2.05, 4.69) is 10.6 Å². The van der Waals surface area contributed by atoms with E-state index >= 15 is 0 Å². The third-order valence-electron chi connectivity index (χ3n) is 10.5. The Kier molecular flexibility index (Phi) is 17.7.